The molecular weight excluding hydrogens is 820 g/mol. The second-order valence-electron chi connectivity index (χ2n) is 15.3. The molecule has 0 aliphatic rings. The molecule has 0 N–H and O–H groups in total. The predicted octanol–water partition coefficient (Wildman–Crippen LogP) is 11.7. The molecule has 9 heteroatoms. The lowest BCUT2D eigenvalue weighted by molar-refractivity contribution is 0.107. The van der Waals surface area contributed by atoms with Gasteiger partial charge in [-0.3, -0.25) is 4.79 Å². The SMILES string of the molecule is C#CCOc1ccc2cc(OCCOc3cc(C)c(C(=C)P(=O)(C(=O)c4c(C)cc(OCCOc5ccc6cc(OCC#C)ccc6c5)cc4C)c4ccccc4)c(C)c3)ccc2c1. The number of benzene rings is 7. The van der Waals surface area contributed by atoms with Gasteiger partial charge in [-0.15, -0.1) is 12.8 Å². The van der Waals surface area contributed by atoms with E-state index in [2.05, 4.69) is 18.4 Å². The first-order valence-electron chi connectivity index (χ1n) is 20.8. The molecule has 0 aromatic heterocycles. The van der Waals surface area contributed by atoms with Gasteiger partial charge in [-0.25, -0.2) is 0 Å². The Morgan fingerprint density at radius 2 is 0.828 bits per heavy atom. The molecule has 0 spiro atoms. The van der Waals surface area contributed by atoms with Crippen LogP contribution in [0.5, 0.6) is 34.5 Å². The maximum atomic E-state index is 15.6. The molecule has 7 aromatic rings. The van der Waals surface area contributed by atoms with Crippen molar-refractivity contribution in [3.8, 4) is 59.2 Å². The summed E-state index contributed by atoms with van der Waals surface area (Å²) in [6.07, 6.45) is 10.6. The van der Waals surface area contributed by atoms with Gasteiger partial charge in [0.25, 0.3) is 0 Å². The third kappa shape index (κ3) is 10.1. The molecule has 0 aliphatic carbocycles. The highest BCUT2D eigenvalue weighted by Gasteiger charge is 2.40. The van der Waals surface area contributed by atoms with Crippen molar-refractivity contribution in [2.45, 2.75) is 27.7 Å². The summed E-state index contributed by atoms with van der Waals surface area (Å²) in [4.78, 5) is 14.9. The van der Waals surface area contributed by atoms with Gasteiger partial charge in [0.2, 0.25) is 12.7 Å². The standard InChI is InChI=1S/C55H49O8P/c1-8-23-58-46-19-15-44-35-48(21-17-42(44)33-46)60-25-27-62-50-29-37(3)53(38(4)30-50)41(7)64(57,52-13-11-10-12-14-52)55(56)54-39(5)31-51(32-40(54)6)63-28-26-61-49-22-18-43-34-47(59-24-9-2)20-16-45(43)36-49/h1-2,10-22,29-36H,7,23-28H2,3-6H3. The average Bonchev–Trinajstić information content (AvgIpc) is 3.29. The van der Waals surface area contributed by atoms with Crippen molar-refractivity contribution in [3.05, 3.63) is 167 Å². The van der Waals surface area contributed by atoms with Crippen molar-refractivity contribution in [2.75, 3.05) is 39.6 Å². The maximum Gasteiger partial charge on any atom is 0.230 e. The molecule has 322 valence electrons. The quantitative estimate of drug-likeness (QED) is 0.0451. The van der Waals surface area contributed by atoms with Gasteiger partial charge < -0.3 is 33.0 Å². The highest BCUT2D eigenvalue weighted by atomic mass is 31.2. The van der Waals surface area contributed by atoms with Crippen LogP contribution in [0.3, 0.4) is 0 Å². The van der Waals surface area contributed by atoms with E-state index >= 15 is 4.57 Å². The Morgan fingerprint density at radius 3 is 1.20 bits per heavy atom. The van der Waals surface area contributed by atoms with Crippen LogP contribution in [-0.4, -0.2) is 45.2 Å². The first-order valence-corrected chi connectivity index (χ1v) is 22.5. The summed E-state index contributed by atoms with van der Waals surface area (Å²) in [5.74, 6) is 9.00. The predicted molar refractivity (Wildman–Crippen MR) is 257 cm³/mol. The van der Waals surface area contributed by atoms with Gasteiger partial charge in [0, 0.05) is 16.2 Å². The highest BCUT2D eigenvalue weighted by molar-refractivity contribution is 7.95. The Labute approximate surface area is 375 Å². The molecule has 1 atom stereocenters. The largest absolute Gasteiger partial charge is 0.490 e. The molecule has 0 fully saturated rings. The van der Waals surface area contributed by atoms with Gasteiger partial charge >= 0.3 is 0 Å². The van der Waals surface area contributed by atoms with E-state index in [1.165, 1.54) is 0 Å². The van der Waals surface area contributed by atoms with Crippen LogP contribution in [0.25, 0.3) is 26.9 Å². The van der Waals surface area contributed by atoms with E-state index in [1.807, 2.05) is 119 Å². The number of carbonyl (C=O) groups is 1. The summed E-state index contributed by atoms with van der Waals surface area (Å²) < 4.78 is 50.9. The summed E-state index contributed by atoms with van der Waals surface area (Å²) in [6.45, 7) is 13.5. The first kappa shape index (κ1) is 44.7. The Morgan fingerprint density at radius 1 is 0.484 bits per heavy atom. The normalized spacial score (nSPS) is 11.8. The van der Waals surface area contributed by atoms with E-state index in [0.717, 1.165) is 32.7 Å². The zero-order valence-electron chi connectivity index (χ0n) is 36.4. The summed E-state index contributed by atoms with van der Waals surface area (Å²) in [5, 5.41) is 4.71. The Kier molecular flexibility index (Phi) is 14.1. The van der Waals surface area contributed by atoms with Gasteiger partial charge in [0.15, 0.2) is 0 Å². The number of carbonyl (C=O) groups excluding carboxylic acids is 1. The van der Waals surface area contributed by atoms with E-state index in [-0.39, 0.29) is 25.1 Å². The number of aryl methyl sites for hydroxylation is 4. The summed E-state index contributed by atoms with van der Waals surface area (Å²) in [6, 6.07) is 39.5. The van der Waals surface area contributed by atoms with Crippen molar-refractivity contribution in [1.82, 2.24) is 0 Å². The second-order valence-corrected chi connectivity index (χ2v) is 18.0. The zero-order chi connectivity index (χ0) is 45.2. The first-order chi connectivity index (χ1) is 31.0. The molecule has 64 heavy (non-hydrogen) atoms. The van der Waals surface area contributed by atoms with Crippen LogP contribution in [0.1, 0.15) is 38.2 Å². The van der Waals surface area contributed by atoms with Crippen LogP contribution in [0.2, 0.25) is 0 Å². The second kappa shape index (κ2) is 20.2. The number of terminal acetylenes is 2. The van der Waals surface area contributed by atoms with Crippen molar-refractivity contribution in [1.29, 1.82) is 0 Å². The van der Waals surface area contributed by atoms with Crippen LogP contribution >= 0.6 is 7.14 Å². The van der Waals surface area contributed by atoms with Crippen LogP contribution < -0.4 is 33.7 Å². The van der Waals surface area contributed by atoms with Crippen molar-refractivity contribution < 1.29 is 37.8 Å². The van der Waals surface area contributed by atoms with Crippen molar-refractivity contribution in [2.24, 2.45) is 0 Å². The number of rotatable bonds is 19. The minimum absolute atomic E-state index is 0.211. The lowest BCUT2D eigenvalue weighted by Gasteiger charge is -2.25. The molecule has 0 amide bonds. The number of fused-ring (bicyclic) bond motifs is 2. The Balaban J connectivity index is 1.01. The summed E-state index contributed by atoms with van der Waals surface area (Å²) in [7, 11) is -3.99. The lowest BCUT2D eigenvalue weighted by Crippen LogP contribution is -2.17. The molecule has 0 aliphatic heterocycles. The van der Waals surface area contributed by atoms with Crippen LogP contribution in [0.15, 0.2) is 134 Å². The van der Waals surface area contributed by atoms with E-state index < -0.39 is 12.7 Å². The monoisotopic (exact) mass is 868 g/mol. The Hall–Kier alpha value is -7.38. The highest BCUT2D eigenvalue weighted by Crippen LogP contribution is 2.60. The zero-order valence-corrected chi connectivity index (χ0v) is 37.3. The molecule has 0 saturated heterocycles. The Bertz CT molecular complexity index is 2770. The number of ether oxygens (including phenoxy) is 6. The summed E-state index contributed by atoms with van der Waals surface area (Å²) >= 11 is 0. The lowest BCUT2D eigenvalue weighted by atomic mass is 10.0. The molecule has 0 heterocycles. The van der Waals surface area contributed by atoms with E-state index in [9.17, 15) is 4.79 Å². The van der Waals surface area contributed by atoms with Gasteiger partial charge in [0.1, 0.15) is 74.1 Å². The van der Waals surface area contributed by atoms with Crippen LogP contribution in [0.4, 0.5) is 0 Å². The third-order valence-electron chi connectivity index (χ3n) is 10.8. The fourth-order valence-corrected chi connectivity index (χ4v) is 10.5. The molecule has 0 bridgehead atoms. The van der Waals surface area contributed by atoms with Crippen LogP contribution in [0, 0.1) is 52.4 Å². The minimum atomic E-state index is -3.99. The molecule has 7 rings (SSSR count). The molecule has 0 saturated carbocycles. The summed E-state index contributed by atoms with van der Waals surface area (Å²) in [5.41, 5.74) is 3.42. The average molecular weight is 869 g/mol. The molecule has 1 unspecified atom stereocenters. The van der Waals surface area contributed by atoms with E-state index in [4.69, 9.17) is 41.3 Å². The minimum Gasteiger partial charge on any atom is -0.490 e. The molecule has 7 aromatic carbocycles. The molecule has 8 nitrogen and oxygen atoms in total. The fourth-order valence-electron chi connectivity index (χ4n) is 7.81. The maximum absolute atomic E-state index is 15.6. The van der Waals surface area contributed by atoms with E-state index in [1.54, 1.807) is 36.4 Å². The number of hydrogen-bond acceptors (Lipinski definition) is 8. The van der Waals surface area contributed by atoms with E-state index in [0.29, 0.717) is 81.9 Å². The van der Waals surface area contributed by atoms with Crippen molar-refractivity contribution in [3.63, 3.8) is 0 Å². The molecular formula is C55H49O8P. The number of hydrogen-bond donors (Lipinski definition) is 0. The smallest absolute Gasteiger partial charge is 0.230 e. The van der Waals surface area contributed by atoms with Gasteiger partial charge in [-0.1, -0.05) is 73.0 Å². The van der Waals surface area contributed by atoms with Gasteiger partial charge in [-0.2, -0.15) is 0 Å². The van der Waals surface area contributed by atoms with Gasteiger partial charge in [0.05, 0.1) is 0 Å². The fraction of sp³-hybridized carbons (Fsp3) is 0.182. The van der Waals surface area contributed by atoms with Crippen LogP contribution in [-0.2, 0) is 4.57 Å². The topological polar surface area (TPSA) is 89.5 Å². The molecule has 0 radical (unpaired) electrons. The third-order valence-corrected chi connectivity index (χ3v) is 13.6. The van der Waals surface area contributed by atoms with Crippen molar-refractivity contribution >= 4 is 44.8 Å². The van der Waals surface area contributed by atoms with Gasteiger partial charge in [-0.05, 0) is 150 Å².